The molecule has 1 aromatic heterocycles. The fourth-order valence-corrected chi connectivity index (χ4v) is 4.07. The Hall–Kier alpha value is -2.29. The van der Waals surface area contributed by atoms with Gasteiger partial charge in [-0.3, -0.25) is 14.5 Å². The van der Waals surface area contributed by atoms with Crippen LogP contribution in [-0.4, -0.2) is 21.8 Å². The normalized spacial score (nSPS) is 18.1. The highest BCUT2D eigenvalue weighted by molar-refractivity contribution is 9.11. The lowest BCUT2D eigenvalue weighted by atomic mass is 9.95. The van der Waals surface area contributed by atoms with Crippen molar-refractivity contribution < 1.29 is 14.7 Å². The van der Waals surface area contributed by atoms with Crippen molar-refractivity contribution >= 4 is 71.1 Å². The second-order valence-electron chi connectivity index (χ2n) is 6.56. The summed E-state index contributed by atoms with van der Waals surface area (Å²) in [6.07, 6.45) is 1.56. The van der Waals surface area contributed by atoms with Crippen LogP contribution in [0.2, 0.25) is 0 Å². The number of halogens is 3. The lowest BCUT2D eigenvalue weighted by molar-refractivity contribution is -0.132. The van der Waals surface area contributed by atoms with E-state index in [1.165, 1.54) is 4.90 Å². The largest absolute Gasteiger partial charge is 0.507 e. The average Bonchev–Trinajstić information content (AvgIpc) is 3.00. The van der Waals surface area contributed by atoms with E-state index in [9.17, 15) is 14.7 Å². The lowest BCUT2D eigenvalue weighted by Gasteiger charge is -2.24. The number of ketones is 1. The van der Waals surface area contributed by atoms with Crippen molar-refractivity contribution in [1.29, 1.82) is 0 Å². The summed E-state index contributed by atoms with van der Waals surface area (Å²) in [6.45, 7) is 0. The highest BCUT2D eigenvalue weighted by Crippen LogP contribution is 2.42. The molecular weight excluding hydrogens is 580 g/mol. The van der Waals surface area contributed by atoms with Gasteiger partial charge in [-0.1, -0.05) is 56.1 Å². The van der Waals surface area contributed by atoms with E-state index in [0.29, 0.717) is 16.9 Å². The standard InChI is InChI=1S/C22H13Br3N2O3/c23-14-5-1-12(2-6-14)19-18(20(28)13-3-7-15(24)8-4-13)21(29)22(30)27(19)17-10-9-16(25)11-26-17/h1-11,19,28H/b20-18+/t19-/m1/s1. The minimum Gasteiger partial charge on any atom is -0.507 e. The van der Waals surface area contributed by atoms with Crippen LogP contribution in [-0.2, 0) is 9.59 Å². The van der Waals surface area contributed by atoms with Gasteiger partial charge in [-0.05, 0) is 57.9 Å². The molecule has 1 aliphatic rings. The number of aromatic nitrogens is 1. The molecule has 8 heteroatoms. The first-order chi connectivity index (χ1) is 14.4. The van der Waals surface area contributed by atoms with Crippen molar-refractivity contribution in [3.63, 3.8) is 0 Å². The third-order valence-electron chi connectivity index (χ3n) is 4.71. The molecule has 30 heavy (non-hydrogen) atoms. The van der Waals surface area contributed by atoms with Gasteiger partial charge in [-0.2, -0.15) is 0 Å². The second-order valence-corrected chi connectivity index (χ2v) is 9.31. The van der Waals surface area contributed by atoms with Gasteiger partial charge in [-0.15, -0.1) is 0 Å². The molecule has 150 valence electrons. The van der Waals surface area contributed by atoms with Crippen LogP contribution in [0.1, 0.15) is 17.2 Å². The maximum absolute atomic E-state index is 13.0. The van der Waals surface area contributed by atoms with Gasteiger partial charge < -0.3 is 5.11 Å². The van der Waals surface area contributed by atoms with Crippen LogP contribution < -0.4 is 4.90 Å². The number of carbonyl (C=O) groups excluding carboxylic acids is 2. The number of hydrogen-bond donors (Lipinski definition) is 1. The first kappa shape index (κ1) is 21.0. The van der Waals surface area contributed by atoms with Crippen molar-refractivity contribution in [3.05, 3.63) is 97.0 Å². The molecule has 1 amide bonds. The molecule has 1 atom stereocenters. The summed E-state index contributed by atoms with van der Waals surface area (Å²) >= 11 is 10.1. The summed E-state index contributed by atoms with van der Waals surface area (Å²) in [7, 11) is 0. The number of Topliss-reactive ketones (excluding diaryl/α,β-unsaturated/α-hetero) is 1. The minimum absolute atomic E-state index is 0.0226. The van der Waals surface area contributed by atoms with E-state index in [4.69, 9.17) is 0 Å². The monoisotopic (exact) mass is 590 g/mol. The van der Waals surface area contributed by atoms with Crippen LogP contribution in [0, 0.1) is 0 Å². The Labute approximate surface area is 197 Å². The van der Waals surface area contributed by atoms with Crippen LogP contribution in [0.4, 0.5) is 5.82 Å². The summed E-state index contributed by atoms with van der Waals surface area (Å²) in [6, 6.07) is 16.7. The Balaban J connectivity index is 1.93. The maximum atomic E-state index is 13.0. The zero-order chi connectivity index (χ0) is 21.4. The predicted octanol–water partition coefficient (Wildman–Crippen LogP) is 6.00. The van der Waals surface area contributed by atoms with Gasteiger partial charge in [0.2, 0.25) is 0 Å². The fraction of sp³-hybridized carbons (Fsp3) is 0.0455. The third kappa shape index (κ3) is 3.87. The smallest absolute Gasteiger partial charge is 0.301 e. The SMILES string of the molecule is O=C1C(=O)N(c2ccc(Br)cn2)[C@H](c2ccc(Br)cc2)/C1=C(\O)c1ccc(Br)cc1. The highest BCUT2D eigenvalue weighted by Gasteiger charge is 2.47. The van der Waals surface area contributed by atoms with Gasteiger partial charge in [0.1, 0.15) is 11.6 Å². The van der Waals surface area contributed by atoms with Crippen molar-refractivity contribution in [2.75, 3.05) is 4.90 Å². The van der Waals surface area contributed by atoms with Crippen LogP contribution in [0.3, 0.4) is 0 Å². The van der Waals surface area contributed by atoms with Crippen molar-refractivity contribution in [2.45, 2.75) is 6.04 Å². The molecule has 2 heterocycles. The minimum atomic E-state index is -0.810. The molecule has 1 aliphatic heterocycles. The summed E-state index contributed by atoms with van der Waals surface area (Å²) < 4.78 is 2.44. The van der Waals surface area contributed by atoms with Crippen LogP contribution >= 0.6 is 47.8 Å². The summed E-state index contributed by atoms with van der Waals surface area (Å²) in [5.41, 5.74) is 1.15. The van der Waals surface area contributed by atoms with Gasteiger partial charge in [-0.25, -0.2) is 4.98 Å². The molecule has 5 nitrogen and oxygen atoms in total. The van der Waals surface area contributed by atoms with E-state index in [1.54, 1.807) is 54.7 Å². The summed E-state index contributed by atoms with van der Waals surface area (Å²) in [5.74, 6) is -1.40. The molecule has 2 aromatic carbocycles. The van der Waals surface area contributed by atoms with Crippen molar-refractivity contribution in [2.24, 2.45) is 0 Å². The van der Waals surface area contributed by atoms with Gasteiger partial charge in [0, 0.05) is 25.2 Å². The van der Waals surface area contributed by atoms with Crippen LogP contribution in [0.5, 0.6) is 0 Å². The maximum Gasteiger partial charge on any atom is 0.301 e. The Morgan fingerprint density at radius 1 is 0.833 bits per heavy atom. The molecule has 1 saturated heterocycles. The van der Waals surface area contributed by atoms with Crippen molar-refractivity contribution in [1.82, 2.24) is 4.98 Å². The van der Waals surface area contributed by atoms with E-state index < -0.39 is 17.7 Å². The zero-order valence-electron chi connectivity index (χ0n) is 15.2. The van der Waals surface area contributed by atoms with Gasteiger partial charge in [0.05, 0.1) is 11.6 Å². The van der Waals surface area contributed by atoms with Crippen molar-refractivity contribution in [3.8, 4) is 0 Å². The molecule has 0 radical (unpaired) electrons. The Morgan fingerprint density at radius 2 is 1.40 bits per heavy atom. The molecule has 0 bridgehead atoms. The van der Waals surface area contributed by atoms with E-state index in [0.717, 1.165) is 13.4 Å². The number of anilines is 1. The zero-order valence-corrected chi connectivity index (χ0v) is 20.0. The quantitative estimate of drug-likeness (QED) is 0.230. The highest BCUT2D eigenvalue weighted by atomic mass is 79.9. The van der Waals surface area contributed by atoms with Gasteiger partial charge in [0.25, 0.3) is 5.78 Å². The van der Waals surface area contributed by atoms with E-state index in [-0.39, 0.29) is 11.3 Å². The van der Waals surface area contributed by atoms with Gasteiger partial charge in [0.15, 0.2) is 0 Å². The Bertz CT molecular complexity index is 1160. The lowest BCUT2D eigenvalue weighted by Crippen LogP contribution is -2.30. The van der Waals surface area contributed by atoms with Crippen LogP contribution in [0.15, 0.2) is 85.9 Å². The summed E-state index contributed by atoms with van der Waals surface area (Å²) in [5, 5.41) is 11.0. The molecule has 1 N–H and O–H groups in total. The number of carbonyl (C=O) groups is 2. The second kappa shape index (κ2) is 8.45. The molecule has 4 rings (SSSR count). The molecule has 0 spiro atoms. The Kier molecular flexibility index (Phi) is 5.90. The number of rotatable bonds is 3. The number of aliphatic hydroxyl groups excluding tert-OH is 1. The average molecular weight is 593 g/mol. The number of nitrogens with zero attached hydrogens (tertiary/aromatic N) is 2. The number of hydrogen-bond acceptors (Lipinski definition) is 4. The van der Waals surface area contributed by atoms with Gasteiger partial charge >= 0.3 is 5.91 Å². The van der Waals surface area contributed by atoms with E-state index in [2.05, 4.69) is 52.8 Å². The number of benzene rings is 2. The molecule has 1 fully saturated rings. The molecule has 0 unspecified atom stereocenters. The van der Waals surface area contributed by atoms with E-state index >= 15 is 0 Å². The number of amides is 1. The molecular formula is C22H13Br3N2O3. The topological polar surface area (TPSA) is 70.5 Å². The first-order valence-electron chi connectivity index (χ1n) is 8.81. The van der Waals surface area contributed by atoms with Crippen LogP contribution in [0.25, 0.3) is 5.76 Å². The first-order valence-corrected chi connectivity index (χ1v) is 11.2. The van der Waals surface area contributed by atoms with E-state index in [1.807, 2.05) is 12.1 Å². The number of aliphatic hydroxyl groups is 1. The fourth-order valence-electron chi connectivity index (χ4n) is 3.30. The summed E-state index contributed by atoms with van der Waals surface area (Å²) in [4.78, 5) is 31.7. The molecule has 3 aromatic rings. The molecule has 0 saturated carbocycles. The third-order valence-corrected chi connectivity index (χ3v) is 6.23. The number of pyridine rings is 1. The Morgan fingerprint density at radius 3 is 1.97 bits per heavy atom. The predicted molar refractivity (Wildman–Crippen MR) is 125 cm³/mol. The molecule has 0 aliphatic carbocycles.